The Morgan fingerprint density at radius 3 is 2.59 bits per heavy atom. The van der Waals surface area contributed by atoms with Crippen LogP contribution in [0.5, 0.6) is 0 Å². The molecule has 0 unspecified atom stereocenters. The summed E-state index contributed by atoms with van der Waals surface area (Å²) in [7, 11) is 0. The molecule has 1 aromatic heterocycles. The Morgan fingerprint density at radius 2 is 2.12 bits per heavy atom. The average molecular weight is 317 g/mol. The molecule has 0 saturated heterocycles. The smallest absolute Gasteiger partial charge is 0.295 e. The lowest BCUT2D eigenvalue weighted by atomic mass is 9.70. The fourth-order valence-electron chi connectivity index (χ4n) is 2.34. The minimum absolute atomic E-state index is 0.142. The molecule has 3 nitrogen and oxygen atoms in total. The highest BCUT2D eigenvalue weighted by Gasteiger charge is 2.36. The predicted octanol–water partition coefficient (Wildman–Crippen LogP) is 2.72. The Morgan fingerprint density at radius 1 is 1.47 bits per heavy atom. The van der Waals surface area contributed by atoms with E-state index in [4.69, 9.17) is 0 Å². The highest BCUT2D eigenvalue weighted by atomic mass is 79.9. The van der Waals surface area contributed by atoms with Gasteiger partial charge in [0.25, 0.3) is 0 Å². The van der Waals surface area contributed by atoms with E-state index in [0.29, 0.717) is 0 Å². The summed E-state index contributed by atoms with van der Waals surface area (Å²) in [5, 5.41) is 0. The maximum Gasteiger partial charge on any atom is 0.348 e. The number of halogens is 1. The van der Waals surface area contributed by atoms with Gasteiger partial charge in [-0.1, -0.05) is 6.42 Å². The van der Waals surface area contributed by atoms with Gasteiger partial charge in [0.1, 0.15) is 0 Å². The van der Waals surface area contributed by atoms with Gasteiger partial charge in [0, 0.05) is 12.2 Å². The van der Waals surface area contributed by atoms with Gasteiger partial charge in [0.05, 0.1) is 10.2 Å². The van der Waals surface area contributed by atoms with E-state index >= 15 is 0 Å². The Labute approximate surface area is 115 Å². The number of thiol groups is 1. The van der Waals surface area contributed by atoms with E-state index in [-0.39, 0.29) is 11.1 Å². The van der Waals surface area contributed by atoms with Gasteiger partial charge >= 0.3 is 5.69 Å². The minimum atomic E-state index is -0.142. The van der Waals surface area contributed by atoms with Crippen molar-refractivity contribution in [3.05, 3.63) is 26.3 Å². The molecule has 0 atom stereocenters. The van der Waals surface area contributed by atoms with Crippen LogP contribution in [0.25, 0.3) is 0 Å². The SMILES string of the molecule is Cc1nc(=O)n(CC2(CS)CCC2)c(C)c1Br. The monoisotopic (exact) mass is 316 g/mol. The second-order valence-corrected chi connectivity index (χ2v) is 6.09. The summed E-state index contributed by atoms with van der Waals surface area (Å²) in [5.74, 6) is 0.838. The summed E-state index contributed by atoms with van der Waals surface area (Å²) >= 11 is 7.92. The van der Waals surface area contributed by atoms with Crippen LogP contribution in [0.15, 0.2) is 9.27 Å². The highest BCUT2D eigenvalue weighted by Crippen LogP contribution is 2.43. The molecule has 1 aromatic rings. The van der Waals surface area contributed by atoms with E-state index in [1.54, 1.807) is 4.57 Å². The van der Waals surface area contributed by atoms with Gasteiger partial charge < -0.3 is 0 Å². The number of aromatic nitrogens is 2. The first-order valence-electron chi connectivity index (χ1n) is 5.83. The fraction of sp³-hybridized carbons (Fsp3) is 0.667. The van der Waals surface area contributed by atoms with Gasteiger partial charge in [-0.3, -0.25) is 4.57 Å². The second kappa shape index (κ2) is 4.76. The first-order valence-corrected chi connectivity index (χ1v) is 7.26. The lowest BCUT2D eigenvalue weighted by Gasteiger charge is -2.41. The van der Waals surface area contributed by atoms with Gasteiger partial charge in [-0.25, -0.2) is 4.79 Å². The van der Waals surface area contributed by atoms with Crippen LogP contribution in [-0.4, -0.2) is 15.3 Å². The third-order valence-corrected chi connectivity index (χ3v) is 5.60. The van der Waals surface area contributed by atoms with Gasteiger partial charge in [0.15, 0.2) is 0 Å². The van der Waals surface area contributed by atoms with Gasteiger partial charge in [-0.05, 0) is 53.8 Å². The molecule has 0 bridgehead atoms. The molecule has 94 valence electrons. The molecule has 2 rings (SSSR count). The normalized spacial score (nSPS) is 17.9. The summed E-state index contributed by atoms with van der Waals surface area (Å²) in [6.07, 6.45) is 3.57. The van der Waals surface area contributed by atoms with Gasteiger partial charge in [0.2, 0.25) is 0 Å². The summed E-state index contributed by atoms with van der Waals surface area (Å²) in [4.78, 5) is 16.0. The maximum absolute atomic E-state index is 12.0. The van der Waals surface area contributed by atoms with Crippen molar-refractivity contribution in [2.75, 3.05) is 5.75 Å². The van der Waals surface area contributed by atoms with Crippen molar-refractivity contribution in [1.82, 2.24) is 9.55 Å². The van der Waals surface area contributed by atoms with Crippen LogP contribution in [-0.2, 0) is 6.54 Å². The number of hydrogen-bond acceptors (Lipinski definition) is 3. The third kappa shape index (κ3) is 2.32. The zero-order valence-corrected chi connectivity index (χ0v) is 12.6. The van der Waals surface area contributed by atoms with Crippen LogP contribution in [0, 0.1) is 19.3 Å². The molecule has 1 fully saturated rings. The Bertz CT molecular complexity index is 489. The van der Waals surface area contributed by atoms with Crippen molar-refractivity contribution < 1.29 is 0 Å². The van der Waals surface area contributed by atoms with Gasteiger partial charge in [-0.2, -0.15) is 17.6 Å². The molecule has 1 heterocycles. The second-order valence-electron chi connectivity index (χ2n) is 4.98. The third-order valence-electron chi connectivity index (χ3n) is 3.78. The molecule has 0 N–H and O–H groups in total. The van der Waals surface area contributed by atoms with Crippen molar-refractivity contribution in [3.8, 4) is 0 Å². The van der Waals surface area contributed by atoms with Crippen molar-refractivity contribution in [2.24, 2.45) is 5.41 Å². The Kier molecular flexibility index (Phi) is 3.69. The number of rotatable bonds is 3. The summed E-state index contributed by atoms with van der Waals surface area (Å²) < 4.78 is 2.72. The van der Waals surface area contributed by atoms with E-state index in [9.17, 15) is 4.79 Å². The summed E-state index contributed by atoms with van der Waals surface area (Å²) in [6, 6.07) is 0. The van der Waals surface area contributed by atoms with Crippen molar-refractivity contribution >= 4 is 28.6 Å². The summed E-state index contributed by atoms with van der Waals surface area (Å²) in [5.41, 5.74) is 1.79. The van der Waals surface area contributed by atoms with Crippen molar-refractivity contribution in [2.45, 2.75) is 39.7 Å². The van der Waals surface area contributed by atoms with Crippen LogP contribution in [0.2, 0.25) is 0 Å². The molecule has 0 amide bonds. The highest BCUT2D eigenvalue weighted by molar-refractivity contribution is 9.10. The molecule has 1 aliphatic carbocycles. The first kappa shape index (κ1) is 13.1. The van der Waals surface area contributed by atoms with E-state index in [1.807, 2.05) is 13.8 Å². The average Bonchev–Trinajstić information content (AvgIpc) is 2.24. The number of aryl methyl sites for hydroxylation is 1. The maximum atomic E-state index is 12.0. The molecule has 5 heteroatoms. The van der Waals surface area contributed by atoms with E-state index < -0.39 is 0 Å². The standard InChI is InChI=1S/C12H17BrN2OS/c1-8-10(13)9(2)15(11(16)14-8)6-12(7-17)4-3-5-12/h17H,3-7H2,1-2H3. The predicted molar refractivity (Wildman–Crippen MR) is 75.8 cm³/mol. The molecule has 0 radical (unpaired) electrons. The first-order chi connectivity index (χ1) is 7.99. The molecule has 0 aromatic carbocycles. The van der Waals surface area contributed by atoms with E-state index in [1.165, 1.54) is 6.42 Å². The Balaban J connectivity index is 2.39. The minimum Gasteiger partial charge on any atom is -0.295 e. The molecule has 1 saturated carbocycles. The van der Waals surface area contributed by atoms with Crippen molar-refractivity contribution in [3.63, 3.8) is 0 Å². The molecule has 17 heavy (non-hydrogen) atoms. The van der Waals surface area contributed by atoms with Crippen LogP contribution >= 0.6 is 28.6 Å². The number of hydrogen-bond donors (Lipinski definition) is 1. The Hall–Kier alpha value is -0.290. The zero-order valence-electron chi connectivity index (χ0n) is 10.2. The molecule has 0 spiro atoms. The molecular weight excluding hydrogens is 300 g/mol. The van der Waals surface area contributed by atoms with E-state index in [2.05, 4.69) is 33.5 Å². The van der Waals surface area contributed by atoms with Crippen LogP contribution in [0.4, 0.5) is 0 Å². The van der Waals surface area contributed by atoms with Crippen LogP contribution < -0.4 is 5.69 Å². The van der Waals surface area contributed by atoms with E-state index in [0.717, 1.165) is 41.0 Å². The van der Waals surface area contributed by atoms with Crippen molar-refractivity contribution in [1.29, 1.82) is 0 Å². The van der Waals surface area contributed by atoms with Gasteiger partial charge in [-0.15, -0.1) is 0 Å². The molecule has 0 aliphatic heterocycles. The summed E-state index contributed by atoms with van der Waals surface area (Å²) in [6.45, 7) is 4.55. The zero-order chi connectivity index (χ0) is 12.6. The van der Waals surface area contributed by atoms with Crippen LogP contribution in [0.1, 0.15) is 30.7 Å². The number of nitrogens with zero attached hydrogens (tertiary/aromatic N) is 2. The topological polar surface area (TPSA) is 34.9 Å². The molecular formula is C12H17BrN2OS. The molecule has 1 aliphatic rings. The van der Waals surface area contributed by atoms with Crippen LogP contribution in [0.3, 0.4) is 0 Å². The lowest BCUT2D eigenvalue weighted by Crippen LogP contribution is -2.40. The fourth-order valence-corrected chi connectivity index (χ4v) is 3.06. The lowest BCUT2D eigenvalue weighted by molar-refractivity contribution is 0.135. The quantitative estimate of drug-likeness (QED) is 0.870. The largest absolute Gasteiger partial charge is 0.348 e.